The van der Waals surface area contributed by atoms with E-state index in [0.29, 0.717) is 22.2 Å². The minimum absolute atomic E-state index is 0.107. The number of benzene rings is 3. The number of thioether (sulfide) groups is 1. The average molecular weight is 503 g/mol. The summed E-state index contributed by atoms with van der Waals surface area (Å²) in [6.45, 7) is 2.19. The molecule has 0 aromatic heterocycles. The predicted molar refractivity (Wildman–Crippen MR) is 128 cm³/mol. The molecule has 0 fully saturated rings. The van der Waals surface area contributed by atoms with E-state index < -0.39 is 23.6 Å². The summed E-state index contributed by atoms with van der Waals surface area (Å²) in [6, 6.07) is 20.0. The molecule has 1 heterocycles. The maximum atomic E-state index is 13.6. The van der Waals surface area contributed by atoms with Gasteiger partial charge in [0.15, 0.2) is 0 Å². The highest BCUT2D eigenvalue weighted by molar-refractivity contribution is 8.04. The first-order chi connectivity index (χ1) is 16.2. The quantitative estimate of drug-likeness (QED) is 0.349. The van der Waals surface area contributed by atoms with Crippen LogP contribution in [0.3, 0.4) is 0 Å². The number of para-hydroxylation sites is 1. The minimum Gasteiger partial charge on any atom is -0.336 e. The fourth-order valence-corrected chi connectivity index (χ4v) is 4.69. The number of hydrogen-bond donors (Lipinski definition) is 0. The third kappa shape index (κ3) is 4.69. The van der Waals surface area contributed by atoms with E-state index in [1.165, 1.54) is 12.1 Å². The molecular formula is C25H18ClF3N2O2S. The Balaban J connectivity index is 1.82. The maximum absolute atomic E-state index is 13.6. The average Bonchev–Trinajstić information content (AvgIpc) is 3.06. The van der Waals surface area contributed by atoms with Crippen LogP contribution in [0.5, 0.6) is 0 Å². The molecule has 0 spiro atoms. The van der Waals surface area contributed by atoms with Crippen LogP contribution in [0.2, 0.25) is 5.02 Å². The van der Waals surface area contributed by atoms with E-state index in [9.17, 15) is 22.8 Å². The predicted octanol–water partition coefficient (Wildman–Crippen LogP) is 6.76. The van der Waals surface area contributed by atoms with Crippen LogP contribution in [-0.4, -0.2) is 18.4 Å². The lowest BCUT2D eigenvalue weighted by atomic mass is 10.2. The second-order valence-corrected chi connectivity index (χ2v) is 8.83. The van der Waals surface area contributed by atoms with Gasteiger partial charge < -0.3 is 4.90 Å². The number of amides is 2. The van der Waals surface area contributed by atoms with E-state index in [0.717, 1.165) is 28.8 Å². The van der Waals surface area contributed by atoms with Gasteiger partial charge in [0, 0.05) is 22.2 Å². The van der Waals surface area contributed by atoms with Crippen LogP contribution in [0.25, 0.3) is 0 Å². The molecule has 0 aliphatic carbocycles. The summed E-state index contributed by atoms with van der Waals surface area (Å²) in [5.74, 6) is -1.37. The van der Waals surface area contributed by atoms with Crippen molar-refractivity contribution in [1.82, 2.24) is 0 Å². The van der Waals surface area contributed by atoms with E-state index in [2.05, 4.69) is 0 Å². The monoisotopic (exact) mass is 502 g/mol. The molecule has 0 radical (unpaired) electrons. The molecule has 2 amide bonds. The summed E-state index contributed by atoms with van der Waals surface area (Å²) in [5, 5.41) is 0.512. The SMILES string of the molecule is CCN(C1=C(Sc2ccc(Cl)cc2)C(=O)N(c2cccc(C(F)(F)F)c2)C1=O)c1ccccc1. The molecule has 9 heteroatoms. The number of halogens is 4. The third-order valence-electron chi connectivity index (χ3n) is 5.14. The molecule has 0 atom stereocenters. The molecule has 0 N–H and O–H groups in total. The highest BCUT2D eigenvalue weighted by atomic mass is 35.5. The van der Waals surface area contributed by atoms with E-state index >= 15 is 0 Å². The van der Waals surface area contributed by atoms with E-state index in [1.807, 2.05) is 13.0 Å². The lowest BCUT2D eigenvalue weighted by molar-refractivity contribution is -0.137. The molecule has 3 aromatic rings. The molecule has 34 heavy (non-hydrogen) atoms. The van der Waals surface area contributed by atoms with Crippen LogP contribution in [0.4, 0.5) is 24.5 Å². The number of imide groups is 1. The molecule has 4 nitrogen and oxygen atoms in total. The number of alkyl halides is 3. The smallest absolute Gasteiger partial charge is 0.336 e. The zero-order valence-corrected chi connectivity index (χ0v) is 19.4. The molecule has 1 aliphatic rings. The Bertz CT molecular complexity index is 1260. The second-order valence-electron chi connectivity index (χ2n) is 7.31. The number of carbonyl (C=O) groups is 2. The van der Waals surface area contributed by atoms with Crippen molar-refractivity contribution in [2.45, 2.75) is 18.0 Å². The summed E-state index contributed by atoms with van der Waals surface area (Å²) >= 11 is 7.04. The van der Waals surface area contributed by atoms with Gasteiger partial charge in [0.25, 0.3) is 11.8 Å². The Hall–Kier alpha value is -3.23. The molecule has 0 unspecified atom stereocenters. The Kier molecular flexibility index (Phi) is 6.72. The standard InChI is InChI=1S/C25H18ClF3N2O2S/c1-2-30(18-8-4-3-5-9-18)21-22(34-20-13-11-17(26)12-14-20)24(33)31(23(21)32)19-10-6-7-16(15-19)25(27,28)29/h3-15H,2H2,1H3. The molecule has 1 aliphatic heterocycles. The highest BCUT2D eigenvalue weighted by Gasteiger charge is 2.43. The van der Waals surface area contributed by atoms with Crippen molar-refractivity contribution in [2.24, 2.45) is 0 Å². The van der Waals surface area contributed by atoms with Crippen molar-refractivity contribution in [2.75, 3.05) is 16.3 Å². The Morgan fingerprint density at radius 2 is 1.59 bits per heavy atom. The van der Waals surface area contributed by atoms with Crippen LogP contribution >= 0.6 is 23.4 Å². The fraction of sp³-hybridized carbons (Fsp3) is 0.120. The van der Waals surface area contributed by atoms with Gasteiger partial charge in [-0.15, -0.1) is 0 Å². The van der Waals surface area contributed by atoms with E-state index in [4.69, 9.17) is 11.6 Å². The number of rotatable bonds is 6. The van der Waals surface area contributed by atoms with Gasteiger partial charge in [-0.05, 0) is 61.5 Å². The van der Waals surface area contributed by atoms with Gasteiger partial charge >= 0.3 is 6.18 Å². The third-order valence-corrected chi connectivity index (χ3v) is 6.47. The first kappa shape index (κ1) is 23.9. The number of carbonyl (C=O) groups excluding carboxylic acids is 2. The van der Waals surface area contributed by atoms with Gasteiger partial charge in [0.05, 0.1) is 11.3 Å². The van der Waals surface area contributed by atoms with Gasteiger partial charge in [-0.25, -0.2) is 4.90 Å². The molecule has 0 bridgehead atoms. The van der Waals surface area contributed by atoms with E-state index in [1.54, 1.807) is 53.4 Å². The van der Waals surface area contributed by atoms with Gasteiger partial charge in [0.1, 0.15) is 10.6 Å². The Morgan fingerprint density at radius 1 is 0.912 bits per heavy atom. The van der Waals surface area contributed by atoms with Crippen molar-refractivity contribution in [3.05, 3.63) is 100 Å². The number of likely N-dealkylation sites (N-methyl/N-ethyl adjacent to an activating group) is 1. The van der Waals surface area contributed by atoms with Crippen molar-refractivity contribution >= 4 is 46.6 Å². The van der Waals surface area contributed by atoms with Crippen LogP contribution in [0, 0.1) is 0 Å². The van der Waals surface area contributed by atoms with Crippen molar-refractivity contribution in [1.29, 1.82) is 0 Å². The van der Waals surface area contributed by atoms with Crippen LogP contribution in [0.1, 0.15) is 12.5 Å². The number of nitrogens with zero attached hydrogens (tertiary/aromatic N) is 2. The Morgan fingerprint density at radius 3 is 2.21 bits per heavy atom. The molecule has 174 valence electrons. The summed E-state index contributed by atoms with van der Waals surface area (Å²) in [6.07, 6.45) is -4.61. The molecule has 3 aromatic carbocycles. The summed E-state index contributed by atoms with van der Waals surface area (Å²) < 4.78 is 39.9. The first-order valence-electron chi connectivity index (χ1n) is 10.3. The van der Waals surface area contributed by atoms with Crippen LogP contribution < -0.4 is 9.80 Å². The summed E-state index contributed by atoms with van der Waals surface area (Å²) in [4.78, 5) is 30.4. The largest absolute Gasteiger partial charge is 0.416 e. The minimum atomic E-state index is -4.61. The molecule has 0 saturated carbocycles. The molecule has 0 saturated heterocycles. The van der Waals surface area contributed by atoms with Crippen LogP contribution in [0.15, 0.2) is 94.4 Å². The van der Waals surface area contributed by atoms with Gasteiger partial charge in [-0.3, -0.25) is 9.59 Å². The zero-order valence-electron chi connectivity index (χ0n) is 17.8. The van der Waals surface area contributed by atoms with Crippen molar-refractivity contribution < 1.29 is 22.8 Å². The second kappa shape index (κ2) is 9.56. The first-order valence-corrected chi connectivity index (χ1v) is 11.5. The van der Waals surface area contributed by atoms with Crippen molar-refractivity contribution in [3.63, 3.8) is 0 Å². The molecular weight excluding hydrogens is 485 g/mol. The fourth-order valence-electron chi connectivity index (χ4n) is 3.58. The maximum Gasteiger partial charge on any atom is 0.416 e. The highest BCUT2D eigenvalue weighted by Crippen LogP contribution is 2.41. The van der Waals surface area contributed by atoms with Gasteiger partial charge in [0.2, 0.25) is 0 Å². The van der Waals surface area contributed by atoms with Gasteiger partial charge in [-0.1, -0.05) is 47.6 Å². The number of hydrogen-bond acceptors (Lipinski definition) is 4. The molecule has 4 rings (SSSR count). The Labute approximate surface area is 203 Å². The summed E-state index contributed by atoms with van der Waals surface area (Å²) in [7, 11) is 0. The zero-order chi connectivity index (χ0) is 24.5. The van der Waals surface area contributed by atoms with Crippen molar-refractivity contribution in [3.8, 4) is 0 Å². The summed E-state index contributed by atoms with van der Waals surface area (Å²) in [5.41, 5.74) is -0.295. The van der Waals surface area contributed by atoms with Crippen LogP contribution in [-0.2, 0) is 15.8 Å². The lowest BCUT2D eigenvalue weighted by Gasteiger charge is -2.24. The van der Waals surface area contributed by atoms with Gasteiger partial charge in [-0.2, -0.15) is 13.2 Å². The van der Waals surface area contributed by atoms with E-state index in [-0.39, 0.29) is 16.3 Å². The normalized spacial score (nSPS) is 14.2. The lowest BCUT2D eigenvalue weighted by Crippen LogP contribution is -2.35. The number of anilines is 2. The topological polar surface area (TPSA) is 40.6 Å².